The lowest BCUT2D eigenvalue weighted by Crippen LogP contribution is -2.21. The number of hydrogen-bond acceptors (Lipinski definition) is 5. The van der Waals surface area contributed by atoms with Crippen molar-refractivity contribution in [1.29, 1.82) is 0 Å². The van der Waals surface area contributed by atoms with Crippen LogP contribution in [0.4, 0.5) is 5.82 Å². The van der Waals surface area contributed by atoms with Gasteiger partial charge in [0.2, 0.25) is 5.91 Å². The second-order valence-corrected chi connectivity index (χ2v) is 8.29. The summed E-state index contributed by atoms with van der Waals surface area (Å²) in [7, 11) is 3.47. The van der Waals surface area contributed by atoms with Gasteiger partial charge in [-0.2, -0.15) is 5.10 Å². The molecule has 0 atom stereocenters. The lowest BCUT2D eigenvalue weighted by Gasteiger charge is -2.12. The van der Waals surface area contributed by atoms with Crippen LogP contribution in [0.2, 0.25) is 0 Å². The molecule has 1 fully saturated rings. The van der Waals surface area contributed by atoms with E-state index in [1.54, 1.807) is 11.7 Å². The average Bonchev–Trinajstić information content (AvgIpc) is 3.47. The minimum Gasteiger partial charge on any atom is -0.355 e. The molecule has 0 radical (unpaired) electrons. The highest BCUT2D eigenvalue weighted by Gasteiger charge is 2.32. The van der Waals surface area contributed by atoms with Crippen LogP contribution in [0.25, 0.3) is 23.0 Å². The summed E-state index contributed by atoms with van der Waals surface area (Å²) in [6.07, 6.45) is 5.97. The molecule has 0 unspecified atom stereocenters. The van der Waals surface area contributed by atoms with Gasteiger partial charge in [0.25, 0.3) is 5.91 Å². The first-order chi connectivity index (χ1) is 15.4. The molecular formula is C24H24N6O2. The molecule has 2 aliphatic carbocycles. The van der Waals surface area contributed by atoms with Crippen LogP contribution in [0.1, 0.15) is 45.7 Å². The number of anilines is 1. The normalized spacial score (nSPS) is 14.7. The highest BCUT2D eigenvalue weighted by atomic mass is 16.2. The summed E-state index contributed by atoms with van der Waals surface area (Å²) in [5, 5.41) is 10.1. The van der Waals surface area contributed by atoms with Crippen LogP contribution in [0.15, 0.2) is 30.5 Å². The third-order valence-electron chi connectivity index (χ3n) is 6.04. The minimum atomic E-state index is -0.201. The summed E-state index contributed by atoms with van der Waals surface area (Å²) in [6, 6.07) is 8.06. The van der Waals surface area contributed by atoms with Crippen molar-refractivity contribution in [3.63, 3.8) is 0 Å². The Balaban J connectivity index is 1.52. The predicted octanol–water partition coefficient (Wildman–Crippen LogP) is 2.99. The molecule has 2 amide bonds. The van der Waals surface area contributed by atoms with Crippen molar-refractivity contribution >= 4 is 29.3 Å². The number of allylic oxidation sites excluding steroid dienone is 1. The van der Waals surface area contributed by atoms with E-state index in [1.807, 2.05) is 38.2 Å². The molecule has 8 heteroatoms. The molecule has 2 heterocycles. The molecule has 0 spiro atoms. The number of benzene rings is 1. The Morgan fingerprint density at radius 2 is 1.97 bits per heavy atom. The third-order valence-corrected chi connectivity index (χ3v) is 6.04. The Labute approximate surface area is 185 Å². The number of aryl methyl sites for hydroxylation is 2. The van der Waals surface area contributed by atoms with Crippen LogP contribution in [0.5, 0.6) is 0 Å². The number of carbonyl (C=O) groups excluding carboxylic acids is 2. The maximum atomic E-state index is 12.5. The van der Waals surface area contributed by atoms with Gasteiger partial charge in [0.15, 0.2) is 5.82 Å². The van der Waals surface area contributed by atoms with Crippen LogP contribution in [0.3, 0.4) is 0 Å². The van der Waals surface area contributed by atoms with E-state index in [0.29, 0.717) is 23.6 Å². The summed E-state index contributed by atoms with van der Waals surface area (Å²) in [6.45, 7) is 1.92. The quantitative estimate of drug-likeness (QED) is 0.651. The van der Waals surface area contributed by atoms with E-state index in [4.69, 9.17) is 0 Å². The zero-order valence-corrected chi connectivity index (χ0v) is 18.3. The van der Waals surface area contributed by atoms with Crippen LogP contribution in [-0.4, -0.2) is 38.6 Å². The topological polar surface area (TPSA) is 102 Å². The standard InChI is InChI=1S/C24H24N6O2/c1-13-27-21(29-30(13)3)16-6-4-5-15(9-16)17-10-18-19(11-17)22(28-23(31)14-7-8-14)26-12-20(18)24(32)25-2/h4-6,9-10,12,14H,7-8,11H2,1-3H3,(H,25,32)(H,26,28,31). The summed E-state index contributed by atoms with van der Waals surface area (Å²) >= 11 is 0. The van der Waals surface area contributed by atoms with Gasteiger partial charge in [-0.05, 0) is 48.6 Å². The fraction of sp³-hybridized carbons (Fsp3) is 0.292. The van der Waals surface area contributed by atoms with Crippen molar-refractivity contribution in [1.82, 2.24) is 25.1 Å². The zero-order valence-electron chi connectivity index (χ0n) is 18.3. The molecule has 2 N–H and O–H groups in total. The number of rotatable bonds is 5. The van der Waals surface area contributed by atoms with Gasteiger partial charge in [-0.3, -0.25) is 14.3 Å². The highest BCUT2D eigenvalue weighted by Crippen LogP contribution is 2.38. The maximum Gasteiger partial charge on any atom is 0.253 e. The molecule has 162 valence electrons. The van der Waals surface area contributed by atoms with Crippen molar-refractivity contribution in [2.24, 2.45) is 13.0 Å². The van der Waals surface area contributed by atoms with Gasteiger partial charge in [0, 0.05) is 43.8 Å². The van der Waals surface area contributed by atoms with Crippen molar-refractivity contribution in [3.05, 3.63) is 58.5 Å². The molecular weight excluding hydrogens is 404 g/mol. The molecule has 3 aromatic rings. The van der Waals surface area contributed by atoms with E-state index >= 15 is 0 Å². The number of pyridine rings is 1. The van der Waals surface area contributed by atoms with Gasteiger partial charge in [-0.25, -0.2) is 9.97 Å². The average molecular weight is 428 g/mol. The lowest BCUT2D eigenvalue weighted by molar-refractivity contribution is -0.117. The molecule has 32 heavy (non-hydrogen) atoms. The van der Waals surface area contributed by atoms with Crippen molar-refractivity contribution in [2.45, 2.75) is 26.2 Å². The monoisotopic (exact) mass is 428 g/mol. The minimum absolute atomic E-state index is 0.000522. The van der Waals surface area contributed by atoms with Crippen molar-refractivity contribution in [2.75, 3.05) is 12.4 Å². The second-order valence-electron chi connectivity index (χ2n) is 8.29. The van der Waals surface area contributed by atoms with Gasteiger partial charge in [0.05, 0.1) is 5.56 Å². The third kappa shape index (κ3) is 3.57. The van der Waals surface area contributed by atoms with Gasteiger partial charge in [-0.15, -0.1) is 0 Å². The molecule has 8 nitrogen and oxygen atoms in total. The van der Waals surface area contributed by atoms with Crippen molar-refractivity contribution in [3.8, 4) is 11.4 Å². The number of carbonyl (C=O) groups is 2. The fourth-order valence-corrected chi connectivity index (χ4v) is 3.94. The molecule has 0 bridgehead atoms. The largest absolute Gasteiger partial charge is 0.355 e. The maximum absolute atomic E-state index is 12.5. The second kappa shape index (κ2) is 7.71. The molecule has 2 aromatic heterocycles. The van der Waals surface area contributed by atoms with E-state index in [-0.39, 0.29) is 17.7 Å². The SMILES string of the molecule is CNC(=O)c1cnc(NC(=O)C2CC2)c2c1C=C(c1cccc(-c3nc(C)n(C)n3)c1)C2. The first-order valence-electron chi connectivity index (χ1n) is 10.7. The molecule has 1 aromatic carbocycles. The van der Waals surface area contributed by atoms with Crippen molar-refractivity contribution < 1.29 is 9.59 Å². The Kier molecular flexibility index (Phi) is 4.84. The van der Waals surface area contributed by atoms with Gasteiger partial charge < -0.3 is 10.6 Å². The van der Waals surface area contributed by atoms with E-state index in [2.05, 4.69) is 31.8 Å². The van der Waals surface area contributed by atoms with Gasteiger partial charge in [0.1, 0.15) is 11.6 Å². The number of nitrogens with zero attached hydrogens (tertiary/aromatic N) is 4. The summed E-state index contributed by atoms with van der Waals surface area (Å²) in [5.74, 6) is 1.93. The highest BCUT2D eigenvalue weighted by molar-refractivity contribution is 6.04. The number of hydrogen-bond donors (Lipinski definition) is 2. The Morgan fingerprint density at radius 3 is 2.66 bits per heavy atom. The lowest BCUT2D eigenvalue weighted by atomic mass is 10.0. The molecule has 0 aliphatic heterocycles. The molecule has 2 aliphatic rings. The molecule has 1 saturated carbocycles. The predicted molar refractivity (Wildman–Crippen MR) is 122 cm³/mol. The Hall–Kier alpha value is -3.81. The number of fused-ring (bicyclic) bond motifs is 1. The number of amides is 2. The van der Waals surface area contributed by atoms with Crippen LogP contribution in [-0.2, 0) is 18.3 Å². The van der Waals surface area contributed by atoms with E-state index in [1.165, 1.54) is 6.20 Å². The Morgan fingerprint density at radius 1 is 1.19 bits per heavy atom. The van der Waals surface area contributed by atoms with E-state index < -0.39 is 0 Å². The van der Waals surface area contributed by atoms with Crippen LogP contribution in [0, 0.1) is 12.8 Å². The number of nitrogens with one attached hydrogen (secondary N) is 2. The molecule has 5 rings (SSSR count). The first kappa shape index (κ1) is 20.1. The van der Waals surface area contributed by atoms with Crippen LogP contribution < -0.4 is 10.6 Å². The zero-order chi connectivity index (χ0) is 22.4. The first-order valence-corrected chi connectivity index (χ1v) is 10.7. The summed E-state index contributed by atoms with van der Waals surface area (Å²) in [5.41, 5.74) is 5.17. The fourth-order valence-electron chi connectivity index (χ4n) is 3.94. The number of aromatic nitrogens is 4. The molecule has 0 saturated heterocycles. The summed E-state index contributed by atoms with van der Waals surface area (Å²) in [4.78, 5) is 33.8. The van der Waals surface area contributed by atoms with Crippen LogP contribution >= 0.6 is 0 Å². The van der Waals surface area contributed by atoms with Gasteiger partial charge >= 0.3 is 0 Å². The van der Waals surface area contributed by atoms with Gasteiger partial charge in [-0.1, -0.05) is 18.2 Å². The Bertz CT molecular complexity index is 1270. The van der Waals surface area contributed by atoms with E-state index in [0.717, 1.165) is 46.5 Å². The summed E-state index contributed by atoms with van der Waals surface area (Å²) < 4.78 is 1.75. The smallest absolute Gasteiger partial charge is 0.253 e. The van der Waals surface area contributed by atoms with E-state index in [9.17, 15) is 9.59 Å².